The Labute approximate surface area is 125 Å². The maximum Gasteiger partial charge on any atom is 0.345 e. The van der Waals surface area contributed by atoms with E-state index in [9.17, 15) is 13.2 Å². The summed E-state index contributed by atoms with van der Waals surface area (Å²) < 4.78 is 28.2. The largest absolute Gasteiger partial charge is 0.451 e. The summed E-state index contributed by atoms with van der Waals surface area (Å²) in [7, 11) is -3.71. The van der Waals surface area contributed by atoms with Gasteiger partial charge in [0.1, 0.15) is 9.18 Å². The van der Waals surface area contributed by atoms with Crippen LogP contribution in [-0.4, -0.2) is 20.0 Å². The van der Waals surface area contributed by atoms with E-state index in [1.54, 1.807) is 26.0 Å². The van der Waals surface area contributed by atoms with Crippen molar-refractivity contribution in [2.45, 2.75) is 24.3 Å². The van der Waals surface area contributed by atoms with Crippen molar-refractivity contribution in [1.29, 1.82) is 0 Å². The second-order valence-corrected chi connectivity index (χ2v) is 7.30. The number of carbonyl (C=O) groups excluding carboxylic acids is 1. The van der Waals surface area contributed by atoms with Gasteiger partial charge in [0.05, 0.1) is 4.90 Å². The van der Waals surface area contributed by atoms with E-state index in [0.717, 1.165) is 11.1 Å². The Balaban J connectivity index is 2.52. The SMILES string of the molecule is CC1(C)OC(=O)C(I)=C1c1ccc(S(N)(=O)=O)cc1. The summed E-state index contributed by atoms with van der Waals surface area (Å²) in [5.74, 6) is -0.365. The van der Waals surface area contributed by atoms with Crippen LogP contribution in [-0.2, 0) is 19.6 Å². The van der Waals surface area contributed by atoms with Gasteiger partial charge in [-0.2, -0.15) is 0 Å². The molecule has 1 aliphatic heterocycles. The number of ether oxygens (including phenoxy) is 1. The summed E-state index contributed by atoms with van der Waals surface area (Å²) in [5.41, 5.74) is 0.767. The quantitative estimate of drug-likeness (QED) is 0.614. The van der Waals surface area contributed by atoms with E-state index in [1.807, 2.05) is 22.6 Å². The van der Waals surface area contributed by atoms with E-state index in [1.165, 1.54) is 12.1 Å². The highest BCUT2D eigenvalue weighted by Crippen LogP contribution is 2.42. The zero-order chi connectivity index (χ0) is 14.4. The monoisotopic (exact) mass is 393 g/mol. The molecule has 7 heteroatoms. The third-order valence-electron chi connectivity index (χ3n) is 2.82. The van der Waals surface area contributed by atoms with Gasteiger partial charge < -0.3 is 4.74 Å². The van der Waals surface area contributed by atoms with E-state index in [4.69, 9.17) is 9.88 Å². The van der Waals surface area contributed by atoms with E-state index in [0.29, 0.717) is 3.58 Å². The number of sulfonamides is 1. The van der Waals surface area contributed by atoms with Crippen molar-refractivity contribution in [3.8, 4) is 0 Å². The number of nitrogens with two attached hydrogens (primary N) is 1. The molecule has 0 aromatic heterocycles. The molecule has 0 amide bonds. The number of hydrogen-bond acceptors (Lipinski definition) is 4. The van der Waals surface area contributed by atoms with Gasteiger partial charge in [-0.25, -0.2) is 18.4 Å². The molecule has 0 aliphatic carbocycles. The predicted octanol–water partition coefficient (Wildman–Crippen LogP) is 1.82. The number of carbonyl (C=O) groups is 1. The van der Waals surface area contributed by atoms with E-state index in [-0.39, 0.29) is 10.9 Å². The molecule has 19 heavy (non-hydrogen) atoms. The molecule has 102 valence electrons. The van der Waals surface area contributed by atoms with Crippen LogP contribution in [0.1, 0.15) is 19.4 Å². The van der Waals surface area contributed by atoms with E-state index >= 15 is 0 Å². The Kier molecular flexibility index (Phi) is 3.48. The predicted molar refractivity (Wildman–Crippen MR) is 78.9 cm³/mol. The van der Waals surface area contributed by atoms with Crippen LogP contribution >= 0.6 is 22.6 Å². The van der Waals surface area contributed by atoms with Gasteiger partial charge in [0, 0.05) is 5.57 Å². The zero-order valence-electron chi connectivity index (χ0n) is 10.3. The first-order valence-corrected chi connectivity index (χ1v) is 8.02. The highest BCUT2D eigenvalue weighted by molar-refractivity contribution is 14.1. The normalized spacial score (nSPS) is 18.6. The summed E-state index contributed by atoms with van der Waals surface area (Å²) in [6, 6.07) is 6.08. The van der Waals surface area contributed by atoms with Crippen molar-refractivity contribution < 1.29 is 17.9 Å². The van der Waals surface area contributed by atoms with Crippen molar-refractivity contribution >= 4 is 44.2 Å². The lowest BCUT2D eigenvalue weighted by atomic mass is 9.92. The van der Waals surface area contributed by atoms with Gasteiger partial charge in [0.25, 0.3) is 0 Å². The summed E-state index contributed by atoms with van der Waals surface area (Å²) >= 11 is 1.94. The van der Waals surface area contributed by atoms with Gasteiger partial charge >= 0.3 is 5.97 Å². The van der Waals surface area contributed by atoms with Crippen molar-refractivity contribution in [2.24, 2.45) is 5.14 Å². The van der Waals surface area contributed by atoms with Gasteiger partial charge in [-0.1, -0.05) is 12.1 Å². The van der Waals surface area contributed by atoms with Gasteiger partial charge in [-0.3, -0.25) is 0 Å². The smallest absolute Gasteiger partial charge is 0.345 e. The number of primary sulfonamides is 1. The standard InChI is InChI=1S/C12H12INO4S/c1-12(2)9(10(13)11(15)18-12)7-3-5-8(6-4-7)19(14,16)17/h3-6H,1-2H3,(H2,14,16,17). The molecule has 1 heterocycles. The van der Waals surface area contributed by atoms with Crippen LogP contribution in [0.4, 0.5) is 0 Å². The lowest BCUT2D eigenvalue weighted by molar-refractivity contribution is -0.143. The third-order valence-corrected chi connectivity index (χ3v) is 4.73. The first-order chi connectivity index (χ1) is 8.63. The highest BCUT2D eigenvalue weighted by Gasteiger charge is 2.39. The number of esters is 1. The molecule has 1 aromatic rings. The summed E-state index contributed by atoms with van der Waals surface area (Å²) in [4.78, 5) is 11.6. The minimum absolute atomic E-state index is 0.0370. The van der Waals surface area contributed by atoms with E-state index in [2.05, 4.69) is 0 Å². The summed E-state index contributed by atoms with van der Waals surface area (Å²) in [6.07, 6.45) is 0. The van der Waals surface area contributed by atoms with Gasteiger partial charge in [-0.15, -0.1) is 0 Å². The van der Waals surface area contributed by atoms with E-state index < -0.39 is 15.6 Å². The fourth-order valence-corrected chi connectivity index (χ4v) is 3.57. The molecule has 0 saturated heterocycles. The van der Waals surface area contributed by atoms with Crippen LogP contribution in [0.15, 0.2) is 32.7 Å². The molecule has 0 spiro atoms. The number of rotatable bonds is 2. The van der Waals surface area contributed by atoms with Crippen molar-refractivity contribution in [1.82, 2.24) is 0 Å². The average molecular weight is 393 g/mol. The Hall–Kier alpha value is -0.930. The first kappa shape index (κ1) is 14.5. The van der Waals surface area contributed by atoms with Crippen molar-refractivity contribution in [3.05, 3.63) is 33.4 Å². The Bertz CT molecular complexity index is 674. The molecule has 0 unspecified atom stereocenters. The molecular weight excluding hydrogens is 381 g/mol. The molecule has 1 aliphatic rings. The highest BCUT2D eigenvalue weighted by atomic mass is 127. The molecular formula is C12H12INO4S. The summed E-state index contributed by atoms with van der Waals surface area (Å²) in [6.45, 7) is 3.58. The second kappa shape index (κ2) is 4.57. The minimum atomic E-state index is -3.71. The summed E-state index contributed by atoms with van der Waals surface area (Å²) in [5, 5.41) is 5.04. The fraction of sp³-hybridized carbons (Fsp3) is 0.250. The number of hydrogen-bond donors (Lipinski definition) is 1. The molecule has 0 bridgehead atoms. The van der Waals surface area contributed by atoms with Crippen LogP contribution in [0.5, 0.6) is 0 Å². The molecule has 1 aromatic carbocycles. The van der Waals surface area contributed by atoms with Crippen LogP contribution in [0.25, 0.3) is 5.57 Å². The molecule has 0 fully saturated rings. The van der Waals surface area contributed by atoms with Crippen LogP contribution in [0.3, 0.4) is 0 Å². The maximum atomic E-state index is 11.6. The number of cyclic esters (lactones) is 1. The molecule has 2 N–H and O–H groups in total. The fourth-order valence-electron chi connectivity index (χ4n) is 1.98. The van der Waals surface area contributed by atoms with Gasteiger partial charge in [0.2, 0.25) is 10.0 Å². The zero-order valence-corrected chi connectivity index (χ0v) is 13.3. The maximum absolute atomic E-state index is 11.6. The molecule has 0 radical (unpaired) electrons. The van der Waals surface area contributed by atoms with Crippen LogP contribution in [0, 0.1) is 0 Å². The second-order valence-electron chi connectivity index (χ2n) is 4.66. The number of benzene rings is 1. The van der Waals surface area contributed by atoms with Crippen molar-refractivity contribution in [3.63, 3.8) is 0 Å². The lowest BCUT2D eigenvalue weighted by Gasteiger charge is -2.21. The first-order valence-electron chi connectivity index (χ1n) is 5.40. The number of halogens is 1. The molecule has 2 rings (SSSR count). The third kappa shape index (κ3) is 2.67. The Morgan fingerprint density at radius 3 is 2.11 bits per heavy atom. The van der Waals surface area contributed by atoms with Gasteiger partial charge in [0.15, 0.2) is 0 Å². The van der Waals surface area contributed by atoms with Crippen molar-refractivity contribution in [2.75, 3.05) is 0 Å². The molecule has 0 atom stereocenters. The Morgan fingerprint density at radius 2 is 1.74 bits per heavy atom. The van der Waals surface area contributed by atoms with Gasteiger partial charge in [-0.05, 0) is 54.1 Å². The van der Waals surface area contributed by atoms with Crippen LogP contribution < -0.4 is 5.14 Å². The van der Waals surface area contributed by atoms with Crippen LogP contribution in [0.2, 0.25) is 0 Å². The topological polar surface area (TPSA) is 86.5 Å². The average Bonchev–Trinajstić information content (AvgIpc) is 2.47. The molecule has 0 saturated carbocycles. The Morgan fingerprint density at radius 1 is 1.21 bits per heavy atom. The minimum Gasteiger partial charge on any atom is -0.451 e. The lowest BCUT2D eigenvalue weighted by Crippen LogP contribution is -2.22. The molecule has 5 nitrogen and oxygen atoms in total.